The van der Waals surface area contributed by atoms with E-state index in [1.54, 1.807) is 18.7 Å². The molecule has 0 spiro atoms. The van der Waals surface area contributed by atoms with Gasteiger partial charge in [0.1, 0.15) is 5.82 Å². The lowest BCUT2D eigenvalue weighted by Gasteiger charge is -2.33. The van der Waals surface area contributed by atoms with Gasteiger partial charge >= 0.3 is 6.03 Å². The Labute approximate surface area is 141 Å². The number of hydrogen-bond donors (Lipinski definition) is 2. The van der Waals surface area contributed by atoms with Gasteiger partial charge < -0.3 is 15.3 Å². The van der Waals surface area contributed by atoms with Crippen LogP contribution in [0.3, 0.4) is 0 Å². The van der Waals surface area contributed by atoms with Crippen LogP contribution >= 0.6 is 0 Å². The molecule has 1 atom stereocenters. The van der Waals surface area contributed by atoms with Gasteiger partial charge in [0.15, 0.2) is 5.65 Å². The number of rotatable bonds is 5. The summed E-state index contributed by atoms with van der Waals surface area (Å²) in [6.45, 7) is 4.81. The van der Waals surface area contributed by atoms with Gasteiger partial charge in [0.25, 0.3) is 0 Å². The second-order valence-electron chi connectivity index (χ2n) is 6.89. The van der Waals surface area contributed by atoms with Gasteiger partial charge in [-0.3, -0.25) is 4.40 Å². The Kier molecular flexibility index (Phi) is 4.71. The topological polar surface area (TPSA) is 82.8 Å². The lowest BCUT2D eigenvalue weighted by atomic mass is 9.97. The lowest BCUT2D eigenvalue weighted by molar-refractivity contribution is 0.00985. The summed E-state index contributed by atoms with van der Waals surface area (Å²) in [6.07, 6.45) is 5.28. The molecule has 0 saturated carbocycles. The maximum Gasteiger partial charge on any atom is 0.317 e. The van der Waals surface area contributed by atoms with Gasteiger partial charge in [0.2, 0.25) is 0 Å². The van der Waals surface area contributed by atoms with Gasteiger partial charge in [-0.25, -0.2) is 4.79 Å². The largest absolute Gasteiger partial charge is 0.388 e. The van der Waals surface area contributed by atoms with Crippen molar-refractivity contribution in [3.63, 3.8) is 0 Å². The third-order valence-electron chi connectivity index (χ3n) is 4.57. The molecule has 7 nitrogen and oxygen atoms in total. The highest BCUT2D eigenvalue weighted by atomic mass is 16.3. The maximum atomic E-state index is 12.3. The summed E-state index contributed by atoms with van der Waals surface area (Å²) in [5, 5.41) is 21.5. The smallest absolute Gasteiger partial charge is 0.317 e. The molecule has 2 amide bonds. The molecule has 7 heteroatoms. The summed E-state index contributed by atoms with van der Waals surface area (Å²) < 4.78 is 1.96. The van der Waals surface area contributed by atoms with E-state index < -0.39 is 5.60 Å². The zero-order valence-electron chi connectivity index (χ0n) is 14.3. The second kappa shape index (κ2) is 6.76. The number of aromatic nitrogens is 3. The number of urea groups is 1. The molecule has 1 unspecified atom stereocenters. The Hall–Kier alpha value is -2.15. The van der Waals surface area contributed by atoms with Crippen molar-refractivity contribution in [2.24, 2.45) is 0 Å². The van der Waals surface area contributed by atoms with E-state index in [9.17, 15) is 9.90 Å². The van der Waals surface area contributed by atoms with Crippen LogP contribution in [0.25, 0.3) is 5.65 Å². The van der Waals surface area contributed by atoms with Crippen molar-refractivity contribution in [1.82, 2.24) is 24.8 Å². The highest BCUT2D eigenvalue weighted by Crippen LogP contribution is 2.26. The molecule has 3 heterocycles. The molecular formula is C17H25N5O2. The van der Waals surface area contributed by atoms with Crippen molar-refractivity contribution in [2.45, 2.75) is 51.2 Å². The number of nitrogens with one attached hydrogen (secondary N) is 1. The van der Waals surface area contributed by atoms with Crippen LogP contribution in [0.5, 0.6) is 0 Å². The molecule has 1 saturated heterocycles. The van der Waals surface area contributed by atoms with E-state index in [4.69, 9.17) is 0 Å². The van der Waals surface area contributed by atoms with Gasteiger partial charge in [-0.2, -0.15) is 0 Å². The molecule has 0 aliphatic carbocycles. The number of likely N-dealkylation sites (tertiary alicyclic amines) is 1. The van der Waals surface area contributed by atoms with E-state index in [2.05, 4.69) is 15.5 Å². The second-order valence-corrected chi connectivity index (χ2v) is 6.89. The predicted octanol–water partition coefficient (Wildman–Crippen LogP) is 1.61. The first-order chi connectivity index (χ1) is 11.5. The molecule has 0 aromatic carbocycles. The third-order valence-corrected chi connectivity index (χ3v) is 4.57. The minimum absolute atomic E-state index is 0.0919. The van der Waals surface area contributed by atoms with Crippen molar-refractivity contribution in [3.8, 4) is 0 Å². The number of carbonyl (C=O) groups is 1. The highest BCUT2D eigenvalue weighted by Gasteiger charge is 2.38. The Morgan fingerprint density at radius 1 is 1.42 bits per heavy atom. The van der Waals surface area contributed by atoms with Crippen molar-refractivity contribution < 1.29 is 9.90 Å². The zero-order valence-corrected chi connectivity index (χ0v) is 14.3. The number of amides is 2. The molecule has 2 N–H and O–H groups in total. The number of aryl methyl sites for hydroxylation is 1. The summed E-state index contributed by atoms with van der Waals surface area (Å²) >= 11 is 0. The molecular weight excluding hydrogens is 306 g/mol. The predicted molar refractivity (Wildman–Crippen MR) is 90.7 cm³/mol. The maximum absolute atomic E-state index is 12.3. The molecule has 1 fully saturated rings. The fourth-order valence-electron chi connectivity index (χ4n) is 3.35. The van der Waals surface area contributed by atoms with Crippen LogP contribution in [0.1, 0.15) is 38.9 Å². The van der Waals surface area contributed by atoms with E-state index in [1.165, 1.54) is 0 Å². The van der Waals surface area contributed by atoms with Gasteiger partial charge in [-0.15, -0.1) is 10.2 Å². The highest BCUT2D eigenvalue weighted by molar-refractivity contribution is 5.75. The average molecular weight is 331 g/mol. The number of pyridine rings is 1. The van der Waals surface area contributed by atoms with Crippen molar-refractivity contribution in [2.75, 3.05) is 13.1 Å². The normalized spacial score (nSPS) is 18.3. The summed E-state index contributed by atoms with van der Waals surface area (Å²) in [5.41, 5.74) is -0.0320. The quantitative estimate of drug-likeness (QED) is 0.816. The number of nitrogens with zero attached hydrogens (tertiary/aromatic N) is 4. The van der Waals surface area contributed by atoms with Crippen LogP contribution in [0, 0.1) is 0 Å². The summed E-state index contributed by atoms with van der Waals surface area (Å²) in [4.78, 5) is 14.1. The monoisotopic (exact) mass is 331 g/mol. The molecule has 2 aromatic rings. The first kappa shape index (κ1) is 16.7. The number of aliphatic hydroxyl groups is 1. The SMILES string of the molecule is CC(C)(O)C1CCCN1C(=O)NCCCc1nnc2ccccn12. The average Bonchev–Trinajstić information content (AvgIpc) is 3.18. The molecule has 0 radical (unpaired) electrons. The number of carbonyl (C=O) groups excluding carboxylic acids is 1. The van der Waals surface area contributed by atoms with E-state index in [0.717, 1.165) is 37.2 Å². The Morgan fingerprint density at radius 2 is 2.25 bits per heavy atom. The fourth-order valence-corrected chi connectivity index (χ4v) is 3.35. The van der Waals surface area contributed by atoms with Crippen molar-refractivity contribution in [1.29, 1.82) is 0 Å². The van der Waals surface area contributed by atoms with E-state index in [0.29, 0.717) is 13.1 Å². The zero-order chi connectivity index (χ0) is 17.2. The molecule has 1 aliphatic rings. The van der Waals surface area contributed by atoms with Gasteiger partial charge in [-0.05, 0) is 45.2 Å². The molecule has 2 aromatic heterocycles. The Morgan fingerprint density at radius 3 is 3.04 bits per heavy atom. The molecule has 1 aliphatic heterocycles. The van der Waals surface area contributed by atoms with Crippen LogP contribution in [-0.4, -0.2) is 55.4 Å². The Balaban J connectivity index is 1.49. The number of hydrogen-bond acceptors (Lipinski definition) is 4. The van der Waals surface area contributed by atoms with Gasteiger partial charge in [-0.1, -0.05) is 6.07 Å². The summed E-state index contributed by atoms with van der Waals surface area (Å²) in [5.74, 6) is 0.899. The molecule has 3 rings (SSSR count). The minimum Gasteiger partial charge on any atom is -0.388 e. The van der Waals surface area contributed by atoms with Crippen LogP contribution in [-0.2, 0) is 6.42 Å². The van der Waals surface area contributed by atoms with Crippen molar-refractivity contribution in [3.05, 3.63) is 30.2 Å². The first-order valence-corrected chi connectivity index (χ1v) is 8.52. The van der Waals surface area contributed by atoms with Gasteiger partial charge in [0.05, 0.1) is 11.6 Å². The van der Waals surface area contributed by atoms with Crippen LogP contribution < -0.4 is 5.32 Å². The van der Waals surface area contributed by atoms with E-state index >= 15 is 0 Å². The van der Waals surface area contributed by atoms with E-state index in [1.807, 2.05) is 28.8 Å². The Bertz CT molecular complexity index is 706. The van der Waals surface area contributed by atoms with Gasteiger partial charge in [0, 0.05) is 25.7 Å². The standard InChI is InChI=1S/C17H25N5O2/c1-17(2,24)13-7-6-12-21(13)16(23)18-10-5-9-15-20-19-14-8-3-4-11-22(14)15/h3-4,8,11,13,24H,5-7,9-10,12H2,1-2H3,(H,18,23). The van der Waals surface area contributed by atoms with Crippen LogP contribution in [0.4, 0.5) is 4.79 Å². The fraction of sp³-hybridized carbons (Fsp3) is 0.588. The van der Waals surface area contributed by atoms with Crippen LogP contribution in [0.2, 0.25) is 0 Å². The third kappa shape index (κ3) is 3.51. The molecule has 0 bridgehead atoms. The molecule has 24 heavy (non-hydrogen) atoms. The van der Waals surface area contributed by atoms with Crippen molar-refractivity contribution >= 4 is 11.7 Å². The molecule has 130 valence electrons. The lowest BCUT2D eigenvalue weighted by Crippen LogP contribution is -2.51. The van der Waals surface area contributed by atoms with E-state index in [-0.39, 0.29) is 12.1 Å². The summed E-state index contributed by atoms with van der Waals surface area (Å²) in [6, 6.07) is 5.60. The summed E-state index contributed by atoms with van der Waals surface area (Å²) in [7, 11) is 0. The number of fused-ring (bicyclic) bond motifs is 1. The van der Waals surface area contributed by atoms with Crippen LogP contribution in [0.15, 0.2) is 24.4 Å². The first-order valence-electron chi connectivity index (χ1n) is 8.52. The minimum atomic E-state index is -0.867.